The van der Waals surface area contributed by atoms with Gasteiger partial charge in [-0.2, -0.15) is 5.10 Å². The molecule has 0 radical (unpaired) electrons. The van der Waals surface area contributed by atoms with Gasteiger partial charge in [-0.05, 0) is 70.2 Å². The van der Waals surface area contributed by atoms with Crippen molar-refractivity contribution in [1.82, 2.24) is 29.8 Å². The predicted molar refractivity (Wildman–Crippen MR) is 192 cm³/mol. The van der Waals surface area contributed by atoms with Crippen LogP contribution in [0.5, 0.6) is 0 Å². The van der Waals surface area contributed by atoms with Crippen LogP contribution in [0.3, 0.4) is 0 Å². The van der Waals surface area contributed by atoms with E-state index in [0.29, 0.717) is 86.1 Å². The molecule has 3 aliphatic heterocycles. The molecule has 0 spiro atoms. The number of H-pyrrole nitrogens is 1. The molecule has 4 heterocycles. The van der Waals surface area contributed by atoms with E-state index >= 15 is 0 Å². The molecule has 1 unspecified atom stereocenters. The van der Waals surface area contributed by atoms with E-state index in [1.165, 1.54) is 6.07 Å². The average molecular weight is 717 g/mol. The van der Waals surface area contributed by atoms with Gasteiger partial charge in [0.2, 0.25) is 5.91 Å². The second-order valence-corrected chi connectivity index (χ2v) is 15.8. The standard InChI is InChI=1S/C39H49FN6O6/c1-39(2,3)52-38(50)46-22-26-9-10-27(23-46)35(26)51-28-12-14-43(15-13-28)24-34(47)44-16-18-45(19-17-44)37(49)31-20-25(8-11-32(31)40)21-33-29-6-4-5-7-30(29)36(48)42-41-33/h4-8,11,20,26-28,35H,9-10,12-19,21-24H2,1-3H3,(H,42,48)/t26-,27+,35?. The summed E-state index contributed by atoms with van der Waals surface area (Å²) < 4.78 is 27.3. The number of rotatable bonds is 7. The minimum atomic E-state index is -0.599. The second kappa shape index (κ2) is 14.9. The van der Waals surface area contributed by atoms with Crippen molar-refractivity contribution in [2.45, 2.75) is 70.7 Å². The normalized spacial score (nSPS) is 22.9. The molecule has 2 aromatic carbocycles. The van der Waals surface area contributed by atoms with Gasteiger partial charge in [0.05, 0.1) is 35.4 Å². The number of likely N-dealkylation sites (tertiary alicyclic amines) is 2. The van der Waals surface area contributed by atoms with Gasteiger partial charge < -0.3 is 24.2 Å². The van der Waals surface area contributed by atoms with Gasteiger partial charge in [0, 0.05) is 76.0 Å². The smallest absolute Gasteiger partial charge is 0.410 e. The van der Waals surface area contributed by atoms with Crippen molar-refractivity contribution in [2.75, 3.05) is 58.9 Å². The molecule has 4 fully saturated rings. The molecule has 1 aliphatic carbocycles. The first-order valence-electron chi connectivity index (χ1n) is 18.6. The van der Waals surface area contributed by atoms with Crippen LogP contribution in [-0.2, 0) is 20.7 Å². The largest absolute Gasteiger partial charge is 0.444 e. The summed E-state index contributed by atoms with van der Waals surface area (Å²) in [4.78, 5) is 59.0. The first-order valence-corrected chi connectivity index (χ1v) is 18.6. The molecular weight excluding hydrogens is 667 g/mol. The van der Waals surface area contributed by atoms with E-state index in [9.17, 15) is 23.6 Å². The maximum Gasteiger partial charge on any atom is 0.410 e. The van der Waals surface area contributed by atoms with E-state index in [4.69, 9.17) is 9.47 Å². The predicted octanol–water partition coefficient (Wildman–Crippen LogP) is 4.06. The van der Waals surface area contributed by atoms with E-state index in [1.54, 1.807) is 34.1 Å². The Morgan fingerprint density at radius 3 is 2.19 bits per heavy atom. The molecular formula is C39H49FN6O6. The van der Waals surface area contributed by atoms with Crippen LogP contribution in [0, 0.1) is 17.7 Å². The number of halogens is 1. The molecule has 2 bridgehead atoms. The highest BCUT2D eigenvalue weighted by atomic mass is 19.1. The molecule has 1 saturated carbocycles. The summed E-state index contributed by atoms with van der Waals surface area (Å²) in [5.41, 5.74) is 0.531. The highest BCUT2D eigenvalue weighted by Crippen LogP contribution is 2.40. The molecule has 4 aliphatic rings. The molecule has 12 nitrogen and oxygen atoms in total. The van der Waals surface area contributed by atoms with Gasteiger partial charge in [-0.1, -0.05) is 24.3 Å². The number of piperazine rings is 1. The lowest BCUT2D eigenvalue weighted by molar-refractivity contribution is -0.135. The van der Waals surface area contributed by atoms with Crippen molar-refractivity contribution in [3.05, 3.63) is 75.5 Å². The Labute approximate surface area is 303 Å². The van der Waals surface area contributed by atoms with E-state index in [0.717, 1.165) is 38.8 Å². The number of fused-ring (bicyclic) bond motifs is 3. The molecule has 3 aromatic rings. The Kier molecular flexibility index (Phi) is 10.3. The second-order valence-electron chi connectivity index (χ2n) is 15.8. The van der Waals surface area contributed by atoms with Gasteiger partial charge >= 0.3 is 6.09 Å². The fourth-order valence-electron chi connectivity index (χ4n) is 8.26. The summed E-state index contributed by atoms with van der Waals surface area (Å²) >= 11 is 0. The number of hydrogen-bond donors (Lipinski definition) is 1. The summed E-state index contributed by atoms with van der Waals surface area (Å²) in [7, 11) is 0. The van der Waals surface area contributed by atoms with E-state index < -0.39 is 17.3 Å². The lowest BCUT2D eigenvalue weighted by Crippen LogP contribution is -2.53. The van der Waals surface area contributed by atoms with Crippen molar-refractivity contribution in [3.8, 4) is 0 Å². The third-order valence-corrected chi connectivity index (χ3v) is 11.0. The van der Waals surface area contributed by atoms with Crippen molar-refractivity contribution >= 4 is 28.7 Å². The van der Waals surface area contributed by atoms with Crippen molar-refractivity contribution in [2.24, 2.45) is 11.8 Å². The van der Waals surface area contributed by atoms with Crippen molar-refractivity contribution in [1.29, 1.82) is 0 Å². The number of hydrogen-bond acceptors (Lipinski definition) is 8. The molecule has 13 heteroatoms. The monoisotopic (exact) mass is 716 g/mol. The quantitative estimate of drug-likeness (QED) is 0.388. The van der Waals surface area contributed by atoms with Crippen LogP contribution in [0.4, 0.5) is 9.18 Å². The number of ether oxygens (including phenoxy) is 2. The Morgan fingerprint density at radius 1 is 0.865 bits per heavy atom. The van der Waals surface area contributed by atoms with E-state index in [-0.39, 0.29) is 35.3 Å². The minimum Gasteiger partial charge on any atom is -0.444 e. The summed E-state index contributed by atoms with van der Waals surface area (Å²) in [6.45, 7) is 10.3. The van der Waals surface area contributed by atoms with Crippen molar-refractivity contribution < 1.29 is 28.2 Å². The maximum absolute atomic E-state index is 15.0. The Morgan fingerprint density at radius 2 is 1.52 bits per heavy atom. The SMILES string of the molecule is CC(C)(C)OC(=O)N1C[C@H]2CC[C@@H](C1)C2OC1CCN(CC(=O)N2CCN(C(=O)c3cc(Cc4n[nH]c(=O)c5ccccc45)ccc3F)CC2)CC1. The summed E-state index contributed by atoms with van der Waals surface area (Å²) in [5, 5.41) is 7.97. The van der Waals surface area contributed by atoms with Crippen LogP contribution in [0.15, 0.2) is 47.3 Å². The molecule has 3 amide bonds. The fraction of sp³-hybridized carbons (Fsp3) is 0.564. The average Bonchev–Trinajstić information content (AvgIpc) is 3.34. The molecule has 3 saturated heterocycles. The van der Waals surface area contributed by atoms with Gasteiger partial charge in [0.1, 0.15) is 11.4 Å². The Hall–Kier alpha value is -4.36. The number of carbonyl (C=O) groups excluding carboxylic acids is 3. The van der Waals surface area contributed by atoms with Gasteiger partial charge in [-0.25, -0.2) is 14.3 Å². The summed E-state index contributed by atoms with van der Waals surface area (Å²) in [6, 6.07) is 11.7. The summed E-state index contributed by atoms with van der Waals surface area (Å²) in [5.74, 6) is -0.309. The van der Waals surface area contributed by atoms with Crippen molar-refractivity contribution in [3.63, 3.8) is 0 Å². The van der Waals surface area contributed by atoms with Crippen LogP contribution in [0.25, 0.3) is 10.8 Å². The lowest BCUT2D eigenvalue weighted by atomic mass is 9.94. The third kappa shape index (κ3) is 8.00. The number of benzene rings is 2. The van der Waals surface area contributed by atoms with Gasteiger partial charge in [-0.15, -0.1) is 0 Å². The van der Waals surface area contributed by atoms with E-state index in [1.807, 2.05) is 37.8 Å². The molecule has 7 rings (SSSR count). The molecule has 1 aromatic heterocycles. The number of amides is 3. The first kappa shape index (κ1) is 36.0. The van der Waals surface area contributed by atoms with Crippen LogP contribution < -0.4 is 5.56 Å². The fourth-order valence-corrected chi connectivity index (χ4v) is 8.26. The Balaban J connectivity index is 0.862. The zero-order chi connectivity index (χ0) is 36.6. The molecule has 3 atom stereocenters. The first-order chi connectivity index (χ1) is 24.9. The highest BCUT2D eigenvalue weighted by molar-refractivity contribution is 5.95. The topological polar surface area (TPSA) is 128 Å². The van der Waals surface area contributed by atoms with Crippen LogP contribution >= 0.6 is 0 Å². The number of nitrogens with zero attached hydrogens (tertiary/aromatic N) is 5. The van der Waals surface area contributed by atoms with Gasteiger partial charge in [0.25, 0.3) is 11.5 Å². The number of piperidine rings is 2. The maximum atomic E-state index is 15.0. The minimum absolute atomic E-state index is 0.0160. The molecule has 1 N–H and O–H groups in total. The molecule has 52 heavy (non-hydrogen) atoms. The number of aromatic amines is 1. The number of nitrogens with one attached hydrogen (secondary N) is 1. The van der Waals surface area contributed by atoms with Crippen LogP contribution in [-0.4, -0.2) is 124 Å². The van der Waals surface area contributed by atoms with Crippen LogP contribution in [0.2, 0.25) is 0 Å². The van der Waals surface area contributed by atoms with Gasteiger partial charge in [-0.3, -0.25) is 19.3 Å². The third-order valence-electron chi connectivity index (χ3n) is 11.0. The molecule has 278 valence electrons. The Bertz CT molecular complexity index is 1850. The van der Waals surface area contributed by atoms with Crippen LogP contribution in [0.1, 0.15) is 68.1 Å². The highest BCUT2D eigenvalue weighted by Gasteiger charge is 2.46. The summed E-state index contributed by atoms with van der Waals surface area (Å²) in [6.07, 6.45) is 4.25. The van der Waals surface area contributed by atoms with Gasteiger partial charge in [0.15, 0.2) is 0 Å². The number of carbonyl (C=O) groups is 3. The zero-order valence-corrected chi connectivity index (χ0v) is 30.3. The number of aromatic nitrogens is 2. The zero-order valence-electron chi connectivity index (χ0n) is 30.3. The van der Waals surface area contributed by atoms with E-state index in [2.05, 4.69) is 15.1 Å². The lowest BCUT2D eigenvalue weighted by Gasteiger charge is -2.41.